The predicted molar refractivity (Wildman–Crippen MR) is 71.9 cm³/mol. The zero-order valence-corrected chi connectivity index (χ0v) is 10.5. The first kappa shape index (κ1) is 12.4. The molecule has 0 aliphatic heterocycles. The van der Waals surface area contributed by atoms with E-state index >= 15 is 0 Å². The smallest absolute Gasteiger partial charge is 0.101 e. The van der Waals surface area contributed by atoms with Crippen LogP contribution in [-0.2, 0) is 13.1 Å². The van der Waals surface area contributed by atoms with Gasteiger partial charge in [0.1, 0.15) is 6.07 Å². The van der Waals surface area contributed by atoms with Gasteiger partial charge in [0.2, 0.25) is 0 Å². The molecule has 2 rings (SSSR count). The minimum absolute atomic E-state index is 0.413. The average molecular weight is 239 g/mol. The Labute approximate surface area is 107 Å². The zero-order valence-electron chi connectivity index (χ0n) is 10.5. The highest BCUT2D eigenvalue weighted by Crippen LogP contribution is 2.18. The maximum atomic E-state index is 8.78. The van der Waals surface area contributed by atoms with Crippen molar-refractivity contribution in [2.45, 2.75) is 25.9 Å². The summed E-state index contributed by atoms with van der Waals surface area (Å²) in [6, 6.07) is 12.4. The van der Waals surface area contributed by atoms with Crippen LogP contribution >= 0.6 is 0 Å². The van der Waals surface area contributed by atoms with E-state index in [0.29, 0.717) is 18.0 Å². The minimum atomic E-state index is 0.413. The molecule has 1 unspecified atom stereocenters. The van der Waals surface area contributed by atoms with E-state index in [1.165, 1.54) is 5.56 Å². The van der Waals surface area contributed by atoms with E-state index < -0.39 is 0 Å². The third kappa shape index (κ3) is 2.79. The normalized spacial score (nSPS) is 12.1. The molecule has 0 aliphatic carbocycles. The summed E-state index contributed by atoms with van der Waals surface area (Å²) in [4.78, 5) is 0. The van der Waals surface area contributed by atoms with Crippen molar-refractivity contribution in [1.82, 2.24) is 4.57 Å². The first-order chi connectivity index (χ1) is 8.72. The highest BCUT2D eigenvalue weighted by Gasteiger charge is 2.06. The second kappa shape index (κ2) is 5.52. The summed E-state index contributed by atoms with van der Waals surface area (Å²) in [5, 5.41) is 8.78. The van der Waals surface area contributed by atoms with E-state index in [9.17, 15) is 0 Å². The van der Waals surface area contributed by atoms with Crippen LogP contribution in [0.15, 0.2) is 42.7 Å². The second-order valence-corrected chi connectivity index (χ2v) is 4.56. The largest absolute Gasteiger partial charge is 0.352 e. The number of hydrogen-bond acceptors (Lipinski definition) is 2. The molecule has 0 fully saturated rings. The van der Waals surface area contributed by atoms with Crippen LogP contribution in [0.3, 0.4) is 0 Å². The van der Waals surface area contributed by atoms with Crippen molar-refractivity contribution >= 4 is 0 Å². The summed E-state index contributed by atoms with van der Waals surface area (Å²) >= 11 is 0. The Morgan fingerprint density at radius 2 is 2.00 bits per heavy atom. The molecule has 0 aliphatic rings. The number of nitrogens with two attached hydrogens (primary N) is 1. The Bertz CT molecular complexity index is 546. The summed E-state index contributed by atoms with van der Waals surface area (Å²) in [6.07, 6.45) is 3.83. The molecule has 92 valence electrons. The molecular formula is C15H17N3. The molecule has 0 saturated heterocycles. The SMILES string of the molecule is CC(Cn1ccc(C#N)c1)c1ccc(CN)cc1. The molecule has 1 aromatic carbocycles. The Kier molecular flexibility index (Phi) is 3.81. The topological polar surface area (TPSA) is 54.7 Å². The predicted octanol–water partition coefficient (Wildman–Crippen LogP) is 2.62. The van der Waals surface area contributed by atoms with E-state index in [4.69, 9.17) is 11.0 Å². The first-order valence-corrected chi connectivity index (χ1v) is 6.07. The van der Waals surface area contributed by atoms with Crippen molar-refractivity contribution in [2.75, 3.05) is 0 Å². The average Bonchev–Trinajstić information content (AvgIpc) is 2.86. The van der Waals surface area contributed by atoms with Crippen LogP contribution in [0.1, 0.15) is 29.5 Å². The number of rotatable bonds is 4. The lowest BCUT2D eigenvalue weighted by atomic mass is 10.00. The van der Waals surface area contributed by atoms with E-state index in [-0.39, 0.29) is 0 Å². The van der Waals surface area contributed by atoms with Gasteiger partial charge >= 0.3 is 0 Å². The van der Waals surface area contributed by atoms with Gasteiger partial charge in [0.05, 0.1) is 5.56 Å². The molecule has 1 aromatic heterocycles. The fourth-order valence-electron chi connectivity index (χ4n) is 2.02. The van der Waals surface area contributed by atoms with Gasteiger partial charge in [-0.3, -0.25) is 0 Å². The zero-order chi connectivity index (χ0) is 13.0. The third-order valence-corrected chi connectivity index (χ3v) is 3.15. The van der Waals surface area contributed by atoms with Gasteiger partial charge in [0.25, 0.3) is 0 Å². The molecule has 1 atom stereocenters. The van der Waals surface area contributed by atoms with Gasteiger partial charge in [0, 0.05) is 25.5 Å². The van der Waals surface area contributed by atoms with Crippen molar-refractivity contribution in [3.05, 3.63) is 59.4 Å². The molecule has 2 aromatic rings. The Morgan fingerprint density at radius 3 is 2.56 bits per heavy atom. The molecule has 0 bridgehead atoms. The number of hydrogen-bond donors (Lipinski definition) is 1. The monoisotopic (exact) mass is 239 g/mol. The number of aromatic nitrogens is 1. The molecule has 0 radical (unpaired) electrons. The number of nitriles is 1. The lowest BCUT2D eigenvalue weighted by Gasteiger charge is -2.13. The van der Waals surface area contributed by atoms with Crippen LogP contribution in [0.4, 0.5) is 0 Å². The van der Waals surface area contributed by atoms with E-state index in [1.54, 1.807) is 0 Å². The van der Waals surface area contributed by atoms with Crippen LogP contribution in [0.5, 0.6) is 0 Å². The fourth-order valence-corrected chi connectivity index (χ4v) is 2.02. The number of benzene rings is 1. The van der Waals surface area contributed by atoms with Crippen molar-refractivity contribution < 1.29 is 0 Å². The van der Waals surface area contributed by atoms with Gasteiger partial charge in [-0.05, 0) is 23.1 Å². The van der Waals surface area contributed by atoms with Crippen molar-refractivity contribution in [2.24, 2.45) is 5.73 Å². The Balaban J connectivity index is 2.06. The standard InChI is InChI=1S/C15H17N3/c1-12(10-18-7-6-14(9-17)11-18)15-4-2-13(8-16)3-5-15/h2-7,11-12H,8,10,16H2,1H3. The van der Waals surface area contributed by atoms with Gasteiger partial charge in [-0.2, -0.15) is 5.26 Å². The highest BCUT2D eigenvalue weighted by atomic mass is 14.9. The second-order valence-electron chi connectivity index (χ2n) is 4.56. The van der Waals surface area contributed by atoms with Crippen molar-refractivity contribution in [1.29, 1.82) is 5.26 Å². The Hall–Kier alpha value is -2.05. The van der Waals surface area contributed by atoms with Gasteiger partial charge < -0.3 is 10.3 Å². The summed E-state index contributed by atoms with van der Waals surface area (Å²) in [5.41, 5.74) is 8.73. The summed E-state index contributed by atoms with van der Waals surface area (Å²) in [6.45, 7) is 3.64. The van der Waals surface area contributed by atoms with Crippen molar-refractivity contribution in [3.8, 4) is 6.07 Å². The molecular weight excluding hydrogens is 222 g/mol. The van der Waals surface area contributed by atoms with E-state index in [2.05, 4.69) is 41.8 Å². The van der Waals surface area contributed by atoms with Gasteiger partial charge in [-0.25, -0.2) is 0 Å². The van der Waals surface area contributed by atoms with Crippen molar-refractivity contribution in [3.63, 3.8) is 0 Å². The molecule has 18 heavy (non-hydrogen) atoms. The fraction of sp³-hybridized carbons (Fsp3) is 0.267. The Morgan fingerprint density at radius 1 is 1.28 bits per heavy atom. The number of nitrogens with zero attached hydrogens (tertiary/aromatic N) is 2. The molecule has 3 heteroatoms. The van der Waals surface area contributed by atoms with E-state index in [1.807, 2.05) is 18.5 Å². The van der Waals surface area contributed by atoms with Gasteiger partial charge in [-0.1, -0.05) is 31.2 Å². The third-order valence-electron chi connectivity index (χ3n) is 3.15. The van der Waals surface area contributed by atoms with Crippen LogP contribution in [0.2, 0.25) is 0 Å². The van der Waals surface area contributed by atoms with Crippen LogP contribution in [0.25, 0.3) is 0 Å². The molecule has 0 saturated carbocycles. The lowest BCUT2D eigenvalue weighted by molar-refractivity contribution is 0.600. The molecule has 1 heterocycles. The van der Waals surface area contributed by atoms with Crippen LogP contribution < -0.4 is 5.73 Å². The van der Waals surface area contributed by atoms with Gasteiger partial charge in [-0.15, -0.1) is 0 Å². The minimum Gasteiger partial charge on any atom is -0.352 e. The maximum absolute atomic E-state index is 8.78. The quantitative estimate of drug-likeness (QED) is 0.891. The van der Waals surface area contributed by atoms with Crippen LogP contribution in [-0.4, -0.2) is 4.57 Å². The van der Waals surface area contributed by atoms with Crippen LogP contribution in [0, 0.1) is 11.3 Å². The lowest BCUT2D eigenvalue weighted by Crippen LogP contribution is -2.05. The van der Waals surface area contributed by atoms with E-state index in [0.717, 1.165) is 12.1 Å². The molecule has 0 spiro atoms. The van der Waals surface area contributed by atoms with Gasteiger partial charge in [0.15, 0.2) is 0 Å². The molecule has 3 nitrogen and oxygen atoms in total. The summed E-state index contributed by atoms with van der Waals surface area (Å²) < 4.78 is 2.06. The highest BCUT2D eigenvalue weighted by molar-refractivity contribution is 5.27. The summed E-state index contributed by atoms with van der Waals surface area (Å²) in [5.74, 6) is 0.413. The first-order valence-electron chi connectivity index (χ1n) is 6.07. The maximum Gasteiger partial charge on any atom is 0.101 e. The summed E-state index contributed by atoms with van der Waals surface area (Å²) in [7, 11) is 0. The molecule has 2 N–H and O–H groups in total. The molecule has 0 amide bonds.